The third kappa shape index (κ3) is 4.92. The third-order valence-electron chi connectivity index (χ3n) is 4.17. The average Bonchev–Trinajstić information content (AvgIpc) is 3.03. The van der Waals surface area contributed by atoms with Gasteiger partial charge in [0.15, 0.2) is 5.82 Å². The summed E-state index contributed by atoms with van der Waals surface area (Å²) in [6, 6.07) is 13.5. The van der Waals surface area contributed by atoms with Crippen molar-refractivity contribution in [3.63, 3.8) is 0 Å². The molecule has 0 saturated carbocycles. The quantitative estimate of drug-likeness (QED) is 0.534. The van der Waals surface area contributed by atoms with Gasteiger partial charge in [-0.3, -0.25) is 10.00 Å². The second kappa shape index (κ2) is 9.23. The van der Waals surface area contributed by atoms with E-state index in [0.29, 0.717) is 34.6 Å². The molecule has 1 aromatic heterocycles. The number of halogens is 1. The van der Waals surface area contributed by atoms with Crippen LogP contribution in [0.25, 0.3) is 11.4 Å². The van der Waals surface area contributed by atoms with Crippen LogP contribution in [0.15, 0.2) is 42.5 Å². The predicted molar refractivity (Wildman–Crippen MR) is 113 cm³/mol. The molecule has 0 fully saturated rings. The molecule has 0 unspecified atom stereocenters. The summed E-state index contributed by atoms with van der Waals surface area (Å²) in [4.78, 5) is 6.60. The van der Waals surface area contributed by atoms with E-state index in [1.165, 1.54) is 5.56 Å². The minimum Gasteiger partial charge on any atom is -0.496 e. The summed E-state index contributed by atoms with van der Waals surface area (Å²) in [7, 11) is 3.64. The van der Waals surface area contributed by atoms with Crippen LogP contribution in [-0.2, 0) is 13.2 Å². The summed E-state index contributed by atoms with van der Waals surface area (Å²) >= 11 is 11.5. The Labute approximate surface area is 174 Å². The van der Waals surface area contributed by atoms with Gasteiger partial charge in [-0.15, -0.1) is 0 Å². The summed E-state index contributed by atoms with van der Waals surface area (Å²) in [5.74, 6) is 2.19. The number of rotatable bonds is 8. The zero-order chi connectivity index (χ0) is 20.1. The van der Waals surface area contributed by atoms with Gasteiger partial charge in [-0.05, 0) is 62.1 Å². The first-order valence-corrected chi connectivity index (χ1v) is 9.69. The maximum Gasteiger partial charge on any atom is 0.217 e. The van der Waals surface area contributed by atoms with Crippen molar-refractivity contribution in [3.05, 3.63) is 57.8 Å². The SMILES string of the molecule is CCOc1ccc(CN(C)Cn2[nH]c(-c3cc(Cl)ccc3OC)nc2=S)cc1. The molecule has 3 rings (SSSR count). The molecule has 1 heterocycles. The Bertz CT molecular complexity index is 985. The van der Waals surface area contributed by atoms with Crippen LogP contribution in [0.5, 0.6) is 11.5 Å². The molecule has 0 saturated heterocycles. The number of methoxy groups -OCH3 is 1. The summed E-state index contributed by atoms with van der Waals surface area (Å²) in [5.41, 5.74) is 1.96. The van der Waals surface area contributed by atoms with E-state index < -0.39 is 0 Å². The van der Waals surface area contributed by atoms with Crippen molar-refractivity contribution in [1.82, 2.24) is 19.7 Å². The van der Waals surface area contributed by atoms with Crippen molar-refractivity contribution in [2.24, 2.45) is 0 Å². The number of ether oxygens (including phenoxy) is 2. The van der Waals surface area contributed by atoms with Gasteiger partial charge in [0.2, 0.25) is 4.77 Å². The number of nitrogens with zero attached hydrogens (tertiary/aromatic N) is 3. The minimum atomic E-state index is 0.468. The highest BCUT2D eigenvalue weighted by atomic mass is 35.5. The van der Waals surface area contributed by atoms with Crippen LogP contribution in [0.4, 0.5) is 0 Å². The van der Waals surface area contributed by atoms with Crippen LogP contribution in [0, 0.1) is 4.77 Å². The fraction of sp³-hybridized carbons (Fsp3) is 0.300. The zero-order valence-corrected chi connectivity index (χ0v) is 17.7. The molecule has 0 spiro atoms. The van der Waals surface area contributed by atoms with Crippen molar-refractivity contribution < 1.29 is 9.47 Å². The normalized spacial score (nSPS) is 11.0. The molecule has 148 valence electrons. The Morgan fingerprint density at radius 2 is 1.96 bits per heavy atom. The number of hydrogen-bond donors (Lipinski definition) is 1. The van der Waals surface area contributed by atoms with Crippen molar-refractivity contribution in [2.75, 3.05) is 20.8 Å². The highest BCUT2D eigenvalue weighted by Gasteiger charge is 2.12. The molecule has 0 radical (unpaired) electrons. The van der Waals surface area contributed by atoms with Crippen LogP contribution in [-0.4, -0.2) is 40.4 Å². The van der Waals surface area contributed by atoms with E-state index in [9.17, 15) is 0 Å². The molecular weight excluding hydrogens is 396 g/mol. The van der Waals surface area contributed by atoms with Gasteiger partial charge >= 0.3 is 0 Å². The highest BCUT2D eigenvalue weighted by Crippen LogP contribution is 2.30. The number of benzene rings is 2. The number of H-pyrrole nitrogens is 1. The Hall–Kier alpha value is -2.35. The summed E-state index contributed by atoms with van der Waals surface area (Å²) in [5, 5.41) is 3.85. The lowest BCUT2D eigenvalue weighted by Crippen LogP contribution is -2.22. The standard InChI is InChI=1S/C20H23ClN4O2S/c1-4-27-16-8-5-14(6-9-16)12-24(2)13-25-20(28)22-19(23-25)17-11-15(21)7-10-18(17)26-3/h5-11H,4,12-13H2,1-3H3,(H,22,23,28). The molecule has 0 bridgehead atoms. The van der Waals surface area contributed by atoms with E-state index in [1.54, 1.807) is 13.2 Å². The van der Waals surface area contributed by atoms with E-state index in [1.807, 2.05) is 42.9 Å². The van der Waals surface area contributed by atoms with Crippen molar-refractivity contribution in [2.45, 2.75) is 20.1 Å². The molecule has 28 heavy (non-hydrogen) atoms. The van der Waals surface area contributed by atoms with Gasteiger partial charge in [0.1, 0.15) is 11.5 Å². The molecule has 0 aliphatic carbocycles. The third-order valence-corrected chi connectivity index (χ3v) is 4.71. The first kappa shape index (κ1) is 20.4. The lowest BCUT2D eigenvalue weighted by molar-refractivity contribution is 0.244. The van der Waals surface area contributed by atoms with Gasteiger partial charge in [-0.1, -0.05) is 23.7 Å². The van der Waals surface area contributed by atoms with Gasteiger partial charge in [-0.2, -0.15) is 4.98 Å². The lowest BCUT2D eigenvalue weighted by Gasteiger charge is -2.17. The first-order chi connectivity index (χ1) is 13.5. The van der Waals surface area contributed by atoms with Crippen molar-refractivity contribution >= 4 is 23.8 Å². The molecule has 8 heteroatoms. The molecule has 0 atom stereocenters. The number of hydrogen-bond acceptors (Lipinski definition) is 5. The Kier molecular flexibility index (Phi) is 6.72. The Morgan fingerprint density at radius 1 is 1.21 bits per heavy atom. The van der Waals surface area contributed by atoms with Gasteiger partial charge in [0, 0.05) is 11.6 Å². The van der Waals surface area contributed by atoms with E-state index in [2.05, 4.69) is 27.1 Å². The Morgan fingerprint density at radius 3 is 2.64 bits per heavy atom. The molecule has 0 aliphatic rings. The largest absolute Gasteiger partial charge is 0.496 e. The van der Waals surface area contributed by atoms with Crippen molar-refractivity contribution in [1.29, 1.82) is 0 Å². The predicted octanol–water partition coefficient (Wildman–Crippen LogP) is 4.76. The lowest BCUT2D eigenvalue weighted by atomic mass is 10.2. The van der Waals surface area contributed by atoms with E-state index in [0.717, 1.165) is 17.9 Å². The fourth-order valence-corrected chi connectivity index (χ4v) is 3.27. The zero-order valence-electron chi connectivity index (χ0n) is 16.1. The van der Waals surface area contributed by atoms with E-state index >= 15 is 0 Å². The van der Waals surface area contributed by atoms with E-state index in [-0.39, 0.29) is 0 Å². The van der Waals surface area contributed by atoms with Crippen LogP contribution in [0.3, 0.4) is 0 Å². The van der Waals surface area contributed by atoms with Crippen molar-refractivity contribution in [3.8, 4) is 22.9 Å². The number of aromatic amines is 1. The molecule has 6 nitrogen and oxygen atoms in total. The molecule has 0 amide bonds. The van der Waals surface area contributed by atoms with Crippen LogP contribution >= 0.6 is 23.8 Å². The number of aromatic nitrogens is 3. The average molecular weight is 419 g/mol. The Balaban J connectivity index is 1.73. The molecule has 3 aromatic rings. The molecule has 0 aliphatic heterocycles. The second-order valence-electron chi connectivity index (χ2n) is 6.36. The summed E-state index contributed by atoms with van der Waals surface area (Å²) in [6.45, 7) is 3.98. The van der Waals surface area contributed by atoms with Crippen LogP contribution < -0.4 is 9.47 Å². The molecular formula is C20H23ClN4O2S. The summed E-state index contributed by atoms with van der Waals surface area (Å²) < 4.78 is 13.2. The van der Waals surface area contributed by atoms with Crippen LogP contribution in [0.1, 0.15) is 12.5 Å². The van der Waals surface area contributed by atoms with Gasteiger partial charge in [-0.25, -0.2) is 4.68 Å². The molecule has 1 N–H and O–H groups in total. The minimum absolute atomic E-state index is 0.468. The van der Waals surface area contributed by atoms with Gasteiger partial charge in [0.05, 0.1) is 25.9 Å². The monoisotopic (exact) mass is 418 g/mol. The highest BCUT2D eigenvalue weighted by molar-refractivity contribution is 7.71. The maximum atomic E-state index is 6.13. The second-order valence-corrected chi connectivity index (χ2v) is 7.16. The smallest absolute Gasteiger partial charge is 0.217 e. The van der Waals surface area contributed by atoms with Gasteiger partial charge in [0.25, 0.3) is 0 Å². The first-order valence-electron chi connectivity index (χ1n) is 8.91. The maximum absolute atomic E-state index is 6.13. The summed E-state index contributed by atoms with van der Waals surface area (Å²) in [6.07, 6.45) is 0. The van der Waals surface area contributed by atoms with Gasteiger partial charge < -0.3 is 9.47 Å². The molecule has 2 aromatic carbocycles. The topological polar surface area (TPSA) is 55.3 Å². The number of nitrogens with one attached hydrogen (secondary N) is 1. The van der Waals surface area contributed by atoms with Crippen LogP contribution in [0.2, 0.25) is 5.02 Å². The fourth-order valence-electron chi connectivity index (χ4n) is 2.90. The van der Waals surface area contributed by atoms with E-state index in [4.69, 9.17) is 33.3 Å².